The molecule has 0 aliphatic carbocycles. The summed E-state index contributed by atoms with van der Waals surface area (Å²) in [7, 11) is -4.18. The molecule has 2 atom stereocenters. The maximum absolute atomic E-state index is 13.3. The third kappa shape index (κ3) is 9.21. The molecule has 1 unspecified atom stereocenters. The van der Waals surface area contributed by atoms with Gasteiger partial charge < -0.3 is 13.4 Å². The molecule has 12 heteroatoms. The van der Waals surface area contributed by atoms with Crippen molar-refractivity contribution in [2.75, 3.05) is 0 Å². The molecule has 0 radical (unpaired) electrons. The van der Waals surface area contributed by atoms with Crippen molar-refractivity contribution < 1.29 is 13.4 Å². The highest BCUT2D eigenvalue weighted by molar-refractivity contribution is 14.1. The Morgan fingerprint density at radius 1 is 0.880 bits per heavy atom. The van der Waals surface area contributed by atoms with Crippen molar-refractivity contribution in [3.8, 4) is 22.8 Å². The first-order valence-electron chi connectivity index (χ1n) is 17.6. The minimum absolute atomic E-state index is 0.00113. The van der Waals surface area contributed by atoms with E-state index >= 15 is 0 Å². The van der Waals surface area contributed by atoms with Gasteiger partial charge in [-0.2, -0.15) is 5.10 Å². The molecule has 0 spiro atoms. The van der Waals surface area contributed by atoms with Crippen LogP contribution in [0.15, 0.2) is 54.7 Å². The van der Waals surface area contributed by atoms with Gasteiger partial charge in [-0.3, -0.25) is 0 Å². The molecular formula is C38H58IN5O3SSi2. The minimum Gasteiger partial charge on any atom is -0.598 e. The summed E-state index contributed by atoms with van der Waals surface area (Å²) in [6.45, 7) is 31.1. The first kappa shape index (κ1) is 40.9. The zero-order chi connectivity index (χ0) is 37.5. The highest BCUT2D eigenvalue weighted by Gasteiger charge is 2.41. The number of benzene rings is 1. The Morgan fingerprint density at radius 3 is 2.12 bits per heavy atom. The van der Waals surface area contributed by atoms with Gasteiger partial charge in [0.05, 0.1) is 40.8 Å². The van der Waals surface area contributed by atoms with Crippen molar-refractivity contribution in [3.63, 3.8) is 0 Å². The van der Waals surface area contributed by atoms with Gasteiger partial charge in [0.2, 0.25) is 0 Å². The zero-order valence-electron chi connectivity index (χ0n) is 32.6. The van der Waals surface area contributed by atoms with E-state index in [-0.39, 0.29) is 10.1 Å². The average molecular weight is 848 g/mol. The molecule has 1 N–H and O–H groups in total. The summed E-state index contributed by atoms with van der Waals surface area (Å²) in [6.07, 6.45) is 3.57. The summed E-state index contributed by atoms with van der Waals surface area (Å²) >= 11 is 1.12. The van der Waals surface area contributed by atoms with E-state index in [0.717, 1.165) is 58.0 Å². The van der Waals surface area contributed by atoms with Crippen LogP contribution in [0.3, 0.4) is 0 Å². The molecule has 0 amide bonds. The topological polar surface area (TPSA) is 97.1 Å². The fourth-order valence-corrected chi connectivity index (χ4v) is 8.98. The minimum atomic E-state index is -2.23. The van der Waals surface area contributed by atoms with Crippen LogP contribution >= 0.6 is 22.6 Å². The molecule has 0 aliphatic heterocycles. The SMILES string of the molecule is CCC[C@@](I)(N[S+]([O-])C(C)(C)C)c1cccc(-c2cc(O[Si](C)(C)C(C)(C)C)c3cnn(-c4cccc(CO[Si](C)(C)C(C)(C)C)n4)c3c2)n1. The number of hydrogen-bond acceptors (Lipinski definition) is 7. The number of halogens is 1. The number of hydrogen-bond donors (Lipinski definition) is 1. The van der Waals surface area contributed by atoms with Crippen LogP contribution in [0.5, 0.6) is 5.75 Å². The molecule has 274 valence electrons. The standard InChI is InChI=1S/C38H58IN5O3SSi2/c1-15-22-38(39,43-48(45)35(2,3)4)33-20-17-19-30(42-33)27-23-31-29(32(24-27)47-50(13,14)37(8,9)10)25-40-44(31)34-21-16-18-28(41-34)26-46-49(11,12)36(5,6)7/h16-21,23-25,43H,15,22,26H2,1-14H3/t38-,48?/m1/s1. The number of fused-ring (bicyclic) bond motifs is 1. The second-order valence-corrected chi connectivity index (χ2v) is 30.6. The third-order valence-electron chi connectivity index (χ3n) is 10.1. The van der Waals surface area contributed by atoms with Gasteiger partial charge in [0.1, 0.15) is 10.5 Å². The predicted molar refractivity (Wildman–Crippen MR) is 224 cm³/mol. The highest BCUT2D eigenvalue weighted by Crippen LogP contribution is 2.42. The van der Waals surface area contributed by atoms with Gasteiger partial charge in [-0.15, -0.1) is 4.72 Å². The van der Waals surface area contributed by atoms with Gasteiger partial charge >= 0.3 is 0 Å². The second-order valence-electron chi connectivity index (χ2n) is 17.3. The summed E-state index contributed by atoms with van der Waals surface area (Å²) in [5.41, 5.74) is 4.32. The van der Waals surface area contributed by atoms with Crippen LogP contribution in [-0.4, -0.2) is 45.7 Å². The molecule has 4 aromatic rings. The Balaban J connectivity index is 1.86. The van der Waals surface area contributed by atoms with E-state index in [0.29, 0.717) is 6.61 Å². The van der Waals surface area contributed by atoms with Gasteiger partial charge in [-0.25, -0.2) is 14.6 Å². The molecule has 3 heterocycles. The number of rotatable bonds is 12. The predicted octanol–water partition coefficient (Wildman–Crippen LogP) is 10.8. The van der Waals surface area contributed by atoms with Crippen LogP contribution in [0.1, 0.15) is 93.5 Å². The van der Waals surface area contributed by atoms with Gasteiger partial charge in [-0.05, 0) is 122 Å². The lowest BCUT2D eigenvalue weighted by Gasteiger charge is -2.36. The maximum Gasteiger partial charge on any atom is 0.250 e. The third-order valence-corrected chi connectivity index (χ3v) is 22.3. The van der Waals surface area contributed by atoms with Crippen LogP contribution in [0.2, 0.25) is 36.3 Å². The summed E-state index contributed by atoms with van der Waals surface area (Å²) in [4.78, 5) is 10.2. The highest BCUT2D eigenvalue weighted by atomic mass is 127. The Morgan fingerprint density at radius 2 is 1.52 bits per heavy atom. The van der Waals surface area contributed by atoms with E-state index in [1.54, 1.807) is 0 Å². The average Bonchev–Trinajstić information content (AvgIpc) is 3.43. The van der Waals surface area contributed by atoms with E-state index < -0.39 is 36.3 Å². The molecule has 4 rings (SSSR count). The molecule has 1 aromatic carbocycles. The number of pyridine rings is 2. The summed E-state index contributed by atoms with van der Waals surface area (Å²) in [5, 5.41) is 5.91. The number of aromatic nitrogens is 4. The quantitative estimate of drug-likeness (QED) is 0.0499. The van der Waals surface area contributed by atoms with Crippen molar-refractivity contribution >= 4 is 61.5 Å². The zero-order valence-corrected chi connectivity index (χ0v) is 37.6. The summed E-state index contributed by atoms with van der Waals surface area (Å²) < 4.78 is 31.2. The van der Waals surface area contributed by atoms with E-state index in [4.69, 9.17) is 23.9 Å². The first-order valence-corrected chi connectivity index (χ1v) is 25.6. The molecule has 0 saturated carbocycles. The Kier molecular flexibility index (Phi) is 12.2. The van der Waals surface area contributed by atoms with Crippen LogP contribution in [-0.2, 0) is 25.9 Å². The lowest BCUT2D eigenvalue weighted by atomic mass is 10.1. The summed E-state index contributed by atoms with van der Waals surface area (Å²) in [5.74, 6) is 1.51. The van der Waals surface area contributed by atoms with Crippen LogP contribution in [0.25, 0.3) is 28.0 Å². The molecule has 0 aliphatic rings. The Bertz CT molecular complexity index is 1800. The molecule has 0 bridgehead atoms. The monoisotopic (exact) mass is 847 g/mol. The fourth-order valence-electron chi connectivity index (χ4n) is 4.77. The van der Waals surface area contributed by atoms with Gasteiger partial charge in [-0.1, -0.05) is 67.0 Å². The Hall–Kier alpha value is -1.82. The van der Waals surface area contributed by atoms with E-state index in [1.807, 2.05) is 68.0 Å². The number of alkyl halides is 1. The summed E-state index contributed by atoms with van der Waals surface area (Å²) in [6, 6.07) is 16.3. The lowest BCUT2D eigenvalue weighted by Crippen LogP contribution is -2.48. The van der Waals surface area contributed by atoms with Crippen molar-refractivity contribution in [1.29, 1.82) is 0 Å². The molecule has 3 aromatic heterocycles. The molecule has 50 heavy (non-hydrogen) atoms. The first-order chi connectivity index (χ1) is 22.9. The van der Waals surface area contributed by atoms with Crippen molar-refractivity contribution in [2.45, 2.75) is 133 Å². The van der Waals surface area contributed by atoms with E-state index in [1.165, 1.54) is 0 Å². The van der Waals surface area contributed by atoms with Gasteiger partial charge in [0.25, 0.3) is 8.32 Å². The number of nitrogens with one attached hydrogen (secondary N) is 1. The molecular weight excluding hydrogens is 790 g/mol. The van der Waals surface area contributed by atoms with Gasteiger partial charge in [0.15, 0.2) is 17.7 Å². The molecule has 0 fully saturated rings. The van der Waals surface area contributed by atoms with E-state index in [2.05, 4.69) is 114 Å². The smallest absolute Gasteiger partial charge is 0.250 e. The van der Waals surface area contributed by atoms with Crippen molar-refractivity contribution in [2.24, 2.45) is 0 Å². The molecule has 8 nitrogen and oxygen atoms in total. The van der Waals surface area contributed by atoms with E-state index in [9.17, 15) is 4.55 Å². The normalized spacial score (nSPS) is 15.3. The molecule has 0 saturated heterocycles. The largest absolute Gasteiger partial charge is 0.598 e. The number of nitrogens with zero attached hydrogens (tertiary/aromatic N) is 4. The fraction of sp³-hybridized carbons (Fsp3) is 0.553. The van der Waals surface area contributed by atoms with Crippen molar-refractivity contribution in [3.05, 3.63) is 66.1 Å². The van der Waals surface area contributed by atoms with Crippen LogP contribution < -0.4 is 9.15 Å². The maximum atomic E-state index is 13.3. The lowest BCUT2D eigenvalue weighted by molar-refractivity contribution is 0.272. The second kappa shape index (κ2) is 14.9. The van der Waals surface area contributed by atoms with Crippen molar-refractivity contribution in [1.82, 2.24) is 24.5 Å². The van der Waals surface area contributed by atoms with Crippen LogP contribution in [0.4, 0.5) is 0 Å². The van der Waals surface area contributed by atoms with Gasteiger partial charge in [0, 0.05) is 16.9 Å². The Labute approximate surface area is 319 Å². The van der Waals surface area contributed by atoms with Crippen LogP contribution in [0, 0.1) is 0 Å².